The van der Waals surface area contributed by atoms with Crippen molar-refractivity contribution in [2.45, 2.75) is 20.1 Å². The molecule has 0 saturated carbocycles. The number of rotatable bonds is 3. The molecule has 0 aliphatic rings. The van der Waals surface area contributed by atoms with Crippen LogP contribution in [0, 0.1) is 0 Å². The summed E-state index contributed by atoms with van der Waals surface area (Å²) in [6.07, 6.45) is 0. The Labute approximate surface area is 142 Å². The molecule has 2 rings (SSSR count). The van der Waals surface area contributed by atoms with Crippen molar-refractivity contribution in [3.8, 4) is 5.75 Å². The highest BCUT2D eigenvalue weighted by atomic mass is 80.0. The summed E-state index contributed by atoms with van der Waals surface area (Å²) in [5, 5.41) is -0.0196. The third-order valence-electron chi connectivity index (χ3n) is 2.78. The van der Waals surface area contributed by atoms with Crippen LogP contribution in [0.5, 0.6) is 5.75 Å². The number of alkyl halides is 3. The fourth-order valence-electron chi connectivity index (χ4n) is 1.83. The first-order valence-electron chi connectivity index (χ1n) is 5.58. The number of imidazole rings is 1. The summed E-state index contributed by atoms with van der Waals surface area (Å²) >= 11 is 9.16. The van der Waals surface area contributed by atoms with Gasteiger partial charge in [-0.25, -0.2) is 13.4 Å². The van der Waals surface area contributed by atoms with Gasteiger partial charge in [0.25, 0.3) is 0 Å². The van der Waals surface area contributed by atoms with Gasteiger partial charge in [0.2, 0.25) is 16.5 Å². The zero-order valence-corrected chi connectivity index (χ0v) is 16.2. The van der Waals surface area contributed by atoms with E-state index in [9.17, 15) is 8.42 Å². The molecule has 0 atom stereocenters. The summed E-state index contributed by atoms with van der Waals surface area (Å²) < 4.78 is 30.3. The molecule has 5 nitrogen and oxygen atoms in total. The van der Waals surface area contributed by atoms with E-state index in [1.807, 2.05) is 6.92 Å². The van der Waals surface area contributed by atoms with Gasteiger partial charge in [-0.05, 0) is 66.8 Å². The topological polar surface area (TPSA) is 61.2 Å². The molecular weight excluding hydrogens is 480 g/mol. The van der Waals surface area contributed by atoms with Gasteiger partial charge in [0.15, 0.2) is 0 Å². The molecule has 0 N–H and O–H groups in total. The third kappa shape index (κ3) is 2.65. The lowest BCUT2D eigenvalue weighted by atomic mass is 10.3. The van der Waals surface area contributed by atoms with Gasteiger partial charge in [-0.1, -0.05) is 0 Å². The van der Waals surface area contributed by atoms with Gasteiger partial charge in [-0.15, -0.1) is 0 Å². The minimum absolute atomic E-state index is 0.0196. The number of fused-ring (bicyclic) bond motifs is 1. The van der Waals surface area contributed by atoms with Crippen LogP contribution < -0.4 is 4.74 Å². The Hall–Kier alpha value is -0.120. The molecule has 0 aliphatic carbocycles. The van der Waals surface area contributed by atoms with Crippen molar-refractivity contribution in [3.05, 3.63) is 18.2 Å². The summed E-state index contributed by atoms with van der Waals surface area (Å²) in [5.74, 6) is 0.630. The molecule has 0 amide bonds. The molecule has 110 valence electrons. The minimum Gasteiger partial charge on any atom is -0.497 e. The Morgan fingerprint density at radius 1 is 1.35 bits per heavy atom. The van der Waals surface area contributed by atoms with Gasteiger partial charge in [-0.2, -0.15) is 0 Å². The highest BCUT2D eigenvalue weighted by Gasteiger charge is 2.41. The van der Waals surface area contributed by atoms with E-state index in [4.69, 9.17) is 4.74 Å². The smallest absolute Gasteiger partial charge is 0.247 e. The zero-order chi connectivity index (χ0) is 15.1. The first-order chi connectivity index (χ1) is 9.22. The summed E-state index contributed by atoms with van der Waals surface area (Å²) in [5.41, 5.74) is 1.31. The predicted molar refractivity (Wildman–Crippen MR) is 88.7 cm³/mol. The van der Waals surface area contributed by atoms with Crippen LogP contribution in [0.2, 0.25) is 0 Å². The fourth-order valence-corrected chi connectivity index (χ4v) is 4.07. The number of sulfone groups is 1. The Morgan fingerprint density at radius 2 is 2.00 bits per heavy atom. The van der Waals surface area contributed by atoms with Gasteiger partial charge in [-0.3, -0.25) is 0 Å². The fraction of sp³-hybridized carbons (Fsp3) is 0.364. The summed E-state index contributed by atoms with van der Waals surface area (Å²) in [7, 11) is -2.19. The highest BCUT2D eigenvalue weighted by Crippen LogP contribution is 2.43. The number of nitrogens with zero attached hydrogens (tertiary/aromatic N) is 2. The average molecular weight is 491 g/mol. The van der Waals surface area contributed by atoms with E-state index in [1.165, 1.54) is 0 Å². The Morgan fingerprint density at radius 3 is 2.50 bits per heavy atom. The molecule has 0 unspecified atom stereocenters. The van der Waals surface area contributed by atoms with Gasteiger partial charge < -0.3 is 9.30 Å². The number of hydrogen-bond donors (Lipinski definition) is 0. The molecule has 0 spiro atoms. The summed E-state index contributed by atoms with van der Waals surface area (Å²) in [6, 6.07) is 5.27. The van der Waals surface area contributed by atoms with E-state index in [-0.39, 0.29) is 5.16 Å². The highest BCUT2D eigenvalue weighted by molar-refractivity contribution is 9.42. The van der Waals surface area contributed by atoms with Gasteiger partial charge >= 0.3 is 0 Å². The van der Waals surface area contributed by atoms with E-state index in [1.54, 1.807) is 29.9 Å². The Bertz CT molecular complexity index is 750. The molecule has 20 heavy (non-hydrogen) atoms. The third-order valence-corrected chi connectivity index (χ3v) is 8.02. The first-order valence-corrected chi connectivity index (χ1v) is 9.44. The number of aryl methyl sites for hydroxylation is 1. The van der Waals surface area contributed by atoms with Crippen LogP contribution in [-0.4, -0.2) is 26.6 Å². The number of halogens is 3. The Balaban J connectivity index is 2.78. The first kappa shape index (κ1) is 16.3. The quantitative estimate of drug-likeness (QED) is 0.616. The van der Waals surface area contributed by atoms with Crippen molar-refractivity contribution in [1.82, 2.24) is 9.55 Å². The van der Waals surface area contributed by atoms with Gasteiger partial charge in [0, 0.05) is 12.6 Å². The molecule has 9 heteroatoms. The Kier molecular flexibility index (Phi) is 4.54. The molecule has 0 aliphatic heterocycles. The number of aromatic nitrogens is 2. The van der Waals surface area contributed by atoms with Crippen molar-refractivity contribution in [2.24, 2.45) is 0 Å². The lowest BCUT2D eigenvalue weighted by Crippen LogP contribution is -2.22. The molecule has 0 bridgehead atoms. The van der Waals surface area contributed by atoms with Crippen LogP contribution in [-0.2, 0) is 16.4 Å². The second-order valence-corrected chi connectivity index (χ2v) is 14.3. The summed E-state index contributed by atoms with van der Waals surface area (Å²) in [6.45, 7) is 2.35. The maximum absolute atomic E-state index is 12.5. The molecule has 0 saturated heterocycles. The van der Waals surface area contributed by atoms with Crippen molar-refractivity contribution in [2.75, 3.05) is 7.11 Å². The summed E-state index contributed by atoms with van der Waals surface area (Å²) in [4.78, 5) is 4.24. The SMILES string of the molecule is CCn1c(S(=O)(=O)C(Br)(Br)Br)nc2cc(OC)ccc21. The van der Waals surface area contributed by atoms with Crippen LogP contribution in [0.4, 0.5) is 0 Å². The molecule has 0 radical (unpaired) electrons. The lowest BCUT2D eigenvalue weighted by molar-refractivity contribution is 0.415. The van der Waals surface area contributed by atoms with Crippen molar-refractivity contribution < 1.29 is 13.2 Å². The van der Waals surface area contributed by atoms with Crippen LogP contribution in [0.15, 0.2) is 23.4 Å². The van der Waals surface area contributed by atoms with Crippen LogP contribution in [0.1, 0.15) is 6.92 Å². The number of hydrogen-bond acceptors (Lipinski definition) is 4. The molecule has 1 heterocycles. The zero-order valence-electron chi connectivity index (χ0n) is 10.6. The number of benzene rings is 1. The van der Waals surface area contributed by atoms with Gasteiger partial charge in [0.1, 0.15) is 5.75 Å². The van der Waals surface area contributed by atoms with Crippen molar-refractivity contribution in [3.63, 3.8) is 0 Å². The second-order valence-electron chi connectivity index (χ2n) is 3.94. The number of ether oxygens (including phenoxy) is 1. The number of methoxy groups -OCH3 is 1. The van der Waals surface area contributed by atoms with E-state index >= 15 is 0 Å². The molecule has 1 aromatic heterocycles. The maximum Gasteiger partial charge on any atom is 0.247 e. The normalized spacial score (nSPS) is 12.8. The standard InChI is InChI=1S/C11H11Br3N2O3S/c1-3-16-9-5-4-7(19-2)6-8(9)15-10(16)20(17,18)11(12,13)14/h4-6H,3H2,1-2H3. The van der Waals surface area contributed by atoms with E-state index in [0.29, 0.717) is 17.8 Å². The second kappa shape index (κ2) is 5.58. The molecule has 0 fully saturated rings. The minimum atomic E-state index is -3.74. The van der Waals surface area contributed by atoms with Gasteiger partial charge in [0.05, 0.1) is 18.1 Å². The van der Waals surface area contributed by atoms with Crippen molar-refractivity contribution >= 4 is 68.7 Å². The van der Waals surface area contributed by atoms with E-state index in [2.05, 4.69) is 52.8 Å². The molecule has 2 aromatic rings. The monoisotopic (exact) mass is 488 g/mol. The molecular formula is C11H11Br3N2O3S. The van der Waals surface area contributed by atoms with Crippen LogP contribution >= 0.6 is 47.8 Å². The largest absolute Gasteiger partial charge is 0.497 e. The van der Waals surface area contributed by atoms with E-state index < -0.39 is 11.3 Å². The maximum atomic E-state index is 12.5. The molecule has 1 aromatic carbocycles. The van der Waals surface area contributed by atoms with Crippen LogP contribution in [0.3, 0.4) is 0 Å². The van der Waals surface area contributed by atoms with E-state index in [0.717, 1.165) is 5.52 Å². The predicted octanol–water partition coefficient (Wildman–Crippen LogP) is 3.63. The lowest BCUT2D eigenvalue weighted by Gasteiger charge is -2.13. The average Bonchev–Trinajstić information content (AvgIpc) is 2.75. The van der Waals surface area contributed by atoms with Crippen LogP contribution in [0.25, 0.3) is 11.0 Å². The van der Waals surface area contributed by atoms with Crippen molar-refractivity contribution in [1.29, 1.82) is 0 Å².